The van der Waals surface area contributed by atoms with Crippen molar-refractivity contribution in [3.05, 3.63) is 48.0 Å². The number of rotatable bonds is 4. The zero-order valence-corrected chi connectivity index (χ0v) is 15.3. The van der Waals surface area contributed by atoms with Crippen LogP contribution in [0.15, 0.2) is 47.4 Å². The number of thioether (sulfide) groups is 1. The Morgan fingerprint density at radius 1 is 1.23 bits per heavy atom. The number of benzene rings is 2. The highest BCUT2D eigenvalue weighted by molar-refractivity contribution is 8.00. The third-order valence-electron chi connectivity index (χ3n) is 4.12. The van der Waals surface area contributed by atoms with Crippen molar-refractivity contribution in [1.82, 2.24) is 0 Å². The van der Waals surface area contributed by atoms with Gasteiger partial charge in [0.1, 0.15) is 0 Å². The van der Waals surface area contributed by atoms with E-state index in [0.717, 1.165) is 17.0 Å². The van der Waals surface area contributed by atoms with E-state index in [2.05, 4.69) is 11.7 Å². The SMILES string of the molecule is COc1ccc(C(=O)N2CCC(C)Sc3ccccc32)cc1OC(F)F. The average molecular weight is 379 g/mol. The molecule has 0 aromatic heterocycles. The van der Waals surface area contributed by atoms with Gasteiger partial charge in [-0.1, -0.05) is 19.1 Å². The molecule has 1 unspecified atom stereocenters. The third-order valence-corrected chi connectivity index (χ3v) is 5.35. The topological polar surface area (TPSA) is 38.8 Å². The molecule has 0 saturated heterocycles. The van der Waals surface area contributed by atoms with Crippen LogP contribution >= 0.6 is 11.8 Å². The summed E-state index contributed by atoms with van der Waals surface area (Å²) in [7, 11) is 1.36. The molecule has 0 saturated carbocycles. The first-order valence-electron chi connectivity index (χ1n) is 8.20. The van der Waals surface area contributed by atoms with E-state index in [4.69, 9.17) is 4.74 Å². The van der Waals surface area contributed by atoms with E-state index in [1.807, 2.05) is 24.3 Å². The molecule has 3 rings (SSSR count). The van der Waals surface area contributed by atoms with Gasteiger partial charge in [-0.3, -0.25) is 4.79 Å². The number of anilines is 1. The number of para-hydroxylation sites is 1. The van der Waals surface area contributed by atoms with Crippen molar-refractivity contribution in [2.75, 3.05) is 18.6 Å². The van der Waals surface area contributed by atoms with E-state index in [1.54, 1.807) is 22.7 Å². The molecule has 2 aromatic carbocycles. The predicted molar refractivity (Wildman–Crippen MR) is 97.7 cm³/mol. The van der Waals surface area contributed by atoms with Gasteiger partial charge in [0.05, 0.1) is 12.8 Å². The number of nitrogens with zero attached hydrogens (tertiary/aromatic N) is 1. The Hall–Kier alpha value is -2.28. The van der Waals surface area contributed by atoms with E-state index in [-0.39, 0.29) is 23.0 Å². The quantitative estimate of drug-likeness (QED) is 0.763. The Kier molecular flexibility index (Phi) is 5.66. The molecule has 4 nitrogen and oxygen atoms in total. The monoisotopic (exact) mass is 379 g/mol. The molecule has 0 aliphatic carbocycles. The summed E-state index contributed by atoms with van der Waals surface area (Å²) in [5, 5.41) is 0.377. The lowest BCUT2D eigenvalue weighted by atomic mass is 10.1. The number of amides is 1. The minimum absolute atomic E-state index is 0.154. The minimum Gasteiger partial charge on any atom is -0.493 e. The molecule has 7 heteroatoms. The number of halogens is 2. The van der Waals surface area contributed by atoms with Gasteiger partial charge in [-0.2, -0.15) is 8.78 Å². The molecule has 1 aliphatic rings. The van der Waals surface area contributed by atoms with Gasteiger partial charge >= 0.3 is 6.61 Å². The fourth-order valence-electron chi connectivity index (χ4n) is 2.85. The Morgan fingerprint density at radius 2 is 2.00 bits per heavy atom. The molecule has 1 heterocycles. The zero-order chi connectivity index (χ0) is 18.7. The summed E-state index contributed by atoms with van der Waals surface area (Å²) in [5.74, 6) is -0.254. The van der Waals surface area contributed by atoms with Gasteiger partial charge in [0.15, 0.2) is 11.5 Å². The largest absolute Gasteiger partial charge is 0.493 e. The van der Waals surface area contributed by atoms with E-state index in [1.165, 1.54) is 19.2 Å². The van der Waals surface area contributed by atoms with Crippen LogP contribution < -0.4 is 14.4 Å². The molecular formula is C19H19F2NO3S. The summed E-state index contributed by atoms with van der Waals surface area (Å²) >= 11 is 1.73. The molecule has 2 aromatic rings. The second-order valence-corrected chi connectivity index (χ2v) is 7.37. The highest BCUT2D eigenvalue weighted by Gasteiger charge is 2.26. The van der Waals surface area contributed by atoms with Crippen LogP contribution in [-0.2, 0) is 0 Å². The van der Waals surface area contributed by atoms with Crippen LogP contribution in [0.5, 0.6) is 11.5 Å². The molecule has 0 N–H and O–H groups in total. The van der Waals surface area contributed by atoms with Crippen LogP contribution in [0.2, 0.25) is 0 Å². The number of carbonyl (C=O) groups excluding carboxylic acids is 1. The summed E-state index contributed by atoms with van der Waals surface area (Å²) in [5.41, 5.74) is 1.11. The van der Waals surface area contributed by atoms with Crippen molar-refractivity contribution < 1.29 is 23.0 Å². The predicted octanol–water partition coefficient (Wildman–Crippen LogP) is 4.83. The number of carbonyl (C=O) groups is 1. The van der Waals surface area contributed by atoms with Crippen LogP contribution in [0, 0.1) is 0 Å². The van der Waals surface area contributed by atoms with Gasteiger partial charge in [-0.05, 0) is 36.8 Å². The third kappa shape index (κ3) is 3.93. The fraction of sp³-hybridized carbons (Fsp3) is 0.316. The number of ether oxygens (including phenoxy) is 2. The Morgan fingerprint density at radius 3 is 2.73 bits per heavy atom. The standard InChI is InChI=1S/C19H19F2NO3S/c1-12-9-10-22(14-5-3-4-6-17(14)26-12)18(23)13-7-8-15(24-2)16(11-13)25-19(20)21/h3-8,11-12,19H,9-10H2,1-2H3. The second kappa shape index (κ2) is 7.95. The van der Waals surface area contributed by atoms with Crippen molar-refractivity contribution in [3.8, 4) is 11.5 Å². The first-order chi connectivity index (χ1) is 12.5. The molecule has 0 radical (unpaired) electrons. The fourth-order valence-corrected chi connectivity index (χ4v) is 3.96. The zero-order valence-electron chi connectivity index (χ0n) is 14.4. The van der Waals surface area contributed by atoms with Crippen molar-refractivity contribution in [2.45, 2.75) is 30.1 Å². The Balaban J connectivity index is 1.96. The van der Waals surface area contributed by atoms with E-state index in [9.17, 15) is 13.6 Å². The number of hydrogen-bond donors (Lipinski definition) is 0. The summed E-state index contributed by atoms with van der Waals surface area (Å²) in [6.45, 7) is -0.316. The molecule has 1 amide bonds. The summed E-state index contributed by atoms with van der Waals surface area (Å²) in [4.78, 5) is 15.8. The maximum Gasteiger partial charge on any atom is 0.387 e. The van der Waals surface area contributed by atoms with Gasteiger partial charge in [0.25, 0.3) is 5.91 Å². The molecule has 1 aliphatic heterocycles. The number of alkyl halides is 2. The summed E-state index contributed by atoms with van der Waals surface area (Å²) in [6, 6.07) is 12.0. The first-order valence-corrected chi connectivity index (χ1v) is 9.08. The van der Waals surface area contributed by atoms with Gasteiger partial charge in [0, 0.05) is 22.3 Å². The van der Waals surface area contributed by atoms with Gasteiger partial charge in [-0.15, -0.1) is 11.8 Å². The van der Waals surface area contributed by atoms with Gasteiger partial charge in [-0.25, -0.2) is 0 Å². The first kappa shape index (κ1) is 18.5. The summed E-state index contributed by atoms with van der Waals surface area (Å²) in [6.07, 6.45) is 0.835. The molecule has 0 spiro atoms. The maximum absolute atomic E-state index is 13.1. The lowest BCUT2D eigenvalue weighted by Gasteiger charge is -2.23. The van der Waals surface area contributed by atoms with Crippen molar-refractivity contribution in [2.24, 2.45) is 0 Å². The van der Waals surface area contributed by atoms with Gasteiger partial charge < -0.3 is 14.4 Å². The van der Waals surface area contributed by atoms with Crippen molar-refractivity contribution in [1.29, 1.82) is 0 Å². The number of fused-ring (bicyclic) bond motifs is 1. The summed E-state index contributed by atoms with van der Waals surface area (Å²) < 4.78 is 34.8. The normalized spacial score (nSPS) is 16.8. The van der Waals surface area contributed by atoms with E-state index < -0.39 is 6.61 Å². The highest BCUT2D eigenvalue weighted by Crippen LogP contribution is 2.38. The molecule has 1 atom stereocenters. The lowest BCUT2D eigenvalue weighted by molar-refractivity contribution is -0.0512. The molecule has 0 bridgehead atoms. The van der Waals surface area contributed by atoms with Crippen LogP contribution in [0.25, 0.3) is 0 Å². The van der Waals surface area contributed by atoms with Gasteiger partial charge in [0.2, 0.25) is 0 Å². The van der Waals surface area contributed by atoms with E-state index in [0.29, 0.717) is 11.8 Å². The van der Waals surface area contributed by atoms with Crippen LogP contribution in [0.3, 0.4) is 0 Å². The van der Waals surface area contributed by atoms with Crippen LogP contribution in [-0.4, -0.2) is 31.4 Å². The van der Waals surface area contributed by atoms with Crippen molar-refractivity contribution >= 4 is 23.4 Å². The smallest absolute Gasteiger partial charge is 0.387 e. The number of methoxy groups -OCH3 is 1. The highest BCUT2D eigenvalue weighted by atomic mass is 32.2. The van der Waals surface area contributed by atoms with E-state index >= 15 is 0 Å². The average Bonchev–Trinajstić information content (AvgIpc) is 2.78. The molecule has 138 valence electrons. The second-order valence-electron chi connectivity index (χ2n) is 5.89. The molecule has 26 heavy (non-hydrogen) atoms. The Labute approximate surface area is 155 Å². The van der Waals surface area contributed by atoms with Crippen LogP contribution in [0.4, 0.5) is 14.5 Å². The molecular weight excluding hydrogens is 360 g/mol. The number of hydrogen-bond acceptors (Lipinski definition) is 4. The minimum atomic E-state index is -2.99. The maximum atomic E-state index is 13.1. The van der Waals surface area contributed by atoms with Crippen LogP contribution in [0.1, 0.15) is 23.7 Å². The van der Waals surface area contributed by atoms with Crippen molar-refractivity contribution in [3.63, 3.8) is 0 Å². The Bertz CT molecular complexity index is 800. The molecule has 0 fully saturated rings. The lowest BCUT2D eigenvalue weighted by Crippen LogP contribution is -2.32.